The number of piperidine rings is 1. The van der Waals surface area contributed by atoms with Crippen molar-refractivity contribution in [1.82, 2.24) is 9.97 Å². The Balaban J connectivity index is 2.17. The minimum Gasteiger partial charge on any atom is -0.355 e. The zero-order valence-corrected chi connectivity index (χ0v) is 10.3. The molecular weight excluding hydrogens is 293 g/mol. The molecule has 1 aromatic rings. The monoisotopic (exact) mass is 301 g/mol. The SMILES string of the molecule is FC1(F)CCN(c2cnc(C(F)(F)F)c(Cl)n2)CC1. The van der Waals surface area contributed by atoms with Crippen LogP contribution in [0.2, 0.25) is 5.15 Å². The number of hydrogen-bond donors (Lipinski definition) is 0. The van der Waals surface area contributed by atoms with E-state index in [2.05, 4.69) is 9.97 Å². The molecule has 106 valence electrons. The average Bonchev–Trinajstić information content (AvgIpc) is 2.27. The maximum absolute atomic E-state index is 13.0. The van der Waals surface area contributed by atoms with Gasteiger partial charge in [-0.25, -0.2) is 18.7 Å². The predicted octanol–water partition coefficient (Wildman–Crippen LogP) is 3.38. The summed E-state index contributed by atoms with van der Waals surface area (Å²) >= 11 is 5.42. The molecule has 0 N–H and O–H groups in total. The van der Waals surface area contributed by atoms with Gasteiger partial charge in [0, 0.05) is 25.9 Å². The van der Waals surface area contributed by atoms with Crippen molar-refractivity contribution in [3.63, 3.8) is 0 Å². The number of nitrogens with zero attached hydrogens (tertiary/aromatic N) is 3. The highest BCUT2D eigenvalue weighted by Crippen LogP contribution is 2.34. The van der Waals surface area contributed by atoms with Crippen molar-refractivity contribution in [3.05, 3.63) is 17.0 Å². The molecule has 2 rings (SSSR count). The summed E-state index contributed by atoms with van der Waals surface area (Å²) in [5.41, 5.74) is -1.28. The molecule has 0 saturated carbocycles. The first-order valence-corrected chi connectivity index (χ1v) is 5.79. The molecule has 0 atom stereocenters. The lowest BCUT2D eigenvalue weighted by Gasteiger charge is -2.32. The van der Waals surface area contributed by atoms with Gasteiger partial charge in [-0.05, 0) is 0 Å². The van der Waals surface area contributed by atoms with Crippen LogP contribution in [0.15, 0.2) is 6.20 Å². The van der Waals surface area contributed by atoms with E-state index >= 15 is 0 Å². The van der Waals surface area contributed by atoms with Gasteiger partial charge in [0.05, 0.1) is 6.20 Å². The molecule has 0 bridgehead atoms. The van der Waals surface area contributed by atoms with Crippen LogP contribution < -0.4 is 4.90 Å². The molecular formula is C10H9ClF5N3. The van der Waals surface area contributed by atoms with E-state index < -0.39 is 22.9 Å². The minimum atomic E-state index is -4.68. The van der Waals surface area contributed by atoms with Gasteiger partial charge < -0.3 is 4.90 Å². The second-order valence-electron chi connectivity index (χ2n) is 4.21. The summed E-state index contributed by atoms with van der Waals surface area (Å²) in [5.74, 6) is -2.66. The molecule has 0 aliphatic carbocycles. The van der Waals surface area contributed by atoms with Crippen LogP contribution in [0.1, 0.15) is 18.5 Å². The van der Waals surface area contributed by atoms with Gasteiger partial charge in [-0.3, -0.25) is 0 Å². The van der Waals surface area contributed by atoms with E-state index in [9.17, 15) is 22.0 Å². The second kappa shape index (κ2) is 4.73. The van der Waals surface area contributed by atoms with Crippen LogP contribution in [-0.4, -0.2) is 29.0 Å². The van der Waals surface area contributed by atoms with E-state index in [1.165, 1.54) is 4.90 Å². The summed E-state index contributed by atoms with van der Waals surface area (Å²) in [6, 6.07) is 0. The Morgan fingerprint density at radius 1 is 1.21 bits per heavy atom. The molecule has 19 heavy (non-hydrogen) atoms. The highest BCUT2D eigenvalue weighted by Gasteiger charge is 2.37. The third-order valence-corrected chi connectivity index (χ3v) is 3.07. The zero-order chi connectivity index (χ0) is 14.3. The van der Waals surface area contributed by atoms with Crippen LogP contribution in [0.5, 0.6) is 0 Å². The van der Waals surface area contributed by atoms with Gasteiger partial charge in [-0.15, -0.1) is 0 Å². The summed E-state index contributed by atoms with van der Waals surface area (Å²) in [5, 5.41) is -0.776. The van der Waals surface area contributed by atoms with Gasteiger partial charge in [-0.2, -0.15) is 13.2 Å². The molecule has 1 aliphatic heterocycles. The van der Waals surface area contributed by atoms with E-state index in [-0.39, 0.29) is 31.7 Å². The molecule has 1 fully saturated rings. The van der Waals surface area contributed by atoms with Crippen LogP contribution in [0.25, 0.3) is 0 Å². The lowest BCUT2D eigenvalue weighted by Crippen LogP contribution is -2.39. The highest BCUT2D eigenvalue weighted by molar-refractivity contribution is 6.30. The van der Waals surface area contributed by atoms with E-state index in [0.29, 0.717) is 0 Å². The number of halogens is 6. The van der Waals surface area contributed by atoms with Crippen LogP contribution in [0.4, 0.5) is 27.8 Å². The molecule has 0 unspecified atom stereocenters. The van der Waals surface area contributed by atoms with E-state index in [4.69, 9.17) is 11.6 Å². The predicted molar refractivity (Wildman–Crippen MR) is 58.4 cm³/mol. The number of alkyl halides is 5. The highest BCUT2D eigenvalue weighted by atomic mass is 35.5. The van der Waals surface area contributed by atoms with Crippen molar-refractivity contribution < 1.29 is 22.0 Å². The van der Waals surface area contributed by atoms with Crippen molar-refractivity contribution in [2.45, 2.75) is 24.9 Å². The standard InChI is InChI=1S/C10H9ClF5N3/c11-8-7(10(14,15)16)17-5-6(18-8)19-3-1-9(12,13)2-4-19/h5H,1-4H2. The maximum atomic E-state index is 13.0. The van der Waals surface area contributed by atoms with Crippen LogP contribution >= 0.6 is 11.6 Å². The van der Waals surface area contributed by atoms with Crippen molar-refractivity contribution >= 4 is 17.4 Å². The fraction of sp³-hybridized carbons (Fsp3) is 0.600. The Morgan fingerprint density at radius 2 is 1.79 bits per heavy atom. The van der Waals surface area contributed by atoms with E-state index in [0.717, 1.165) is 6.20 Å². The Bertz CT molecular complexity index is 467. The molecule has 0 radical (unpaired) electrons. The van der Waals surface area contributed by atoms with Gasteiger partial charge in [0.15, 0.2) is 10.8 Å². The van der Waals surface area contributed by atoms with E-state index in [1.54, 1.807) is 0 Å². The van der Waals surface area contributed by atoms with Crippen LogP contribution in [0, 0.1) is 0 Å². The van der Waals surface area contributed by atoms with Crippen molar-refractivity contribution in [3.8, 4) is 0 Å². The first-order valence-electron chi connectivity index (χ1n) is 5.41. The Kier molecular flexibility index (Phi) is 3.55. The number of anilines is 1. The zero-order valence-electron chi connectivity index (χ0n) is 9.52. The molecule has 2 heterocycles. The first kappa shape index (κ1) is 14.2. The molecule has 1 aromatic heterocycles. The summed E-state index contributed by atoms with van der Waals surface area (Å²) in [4.78, 5) is 8.23. The second-order valence-corrected chi connectivity index (χ2v) is 4.57. The quantitative estimate of drug-likeness (QED) is 0.745. The fourth-order valence-electron chi connectivity index (χ4n) is 1.76. The largest absolute Gasteiger partial charge is 0.436 e. The number of rotatable bonds is 1. The van der Waals surface area contributed by atoms with Gasteiger partial charge in [0.25, 0.3) is 5.92 Å². The normalized spacial score (nSPS) is 19.6. The maximum Gasteiger partial charge on any atom is 0.436 e. The lowest BCUT2D eigenvalue weighted by atomic mass is 10.1. The minimum absolute atomic E-state index is 0.00335. The number of hydrogen-bond acceptors (Lipinski definition) is 3. The van der Waals surface area contributed by atoms with Gasteiger partial charge >= 0.3 is 6.18 Å². The lowest BCUT2D eigenvalue weighted by molar-refractivity contribution is -0.141. The first-order chi connectivity index (χ1) is 8.69. The summed E-state index contributed by atoms with van der Waals surface area (Å²) in [6.45, 7) is 0.00669. The van der Waals surface area contributed by atoms with Crippen LogP contribution in [-0.2, 0) is 6.18 Å². The van der Waals surface area contributed by atoms with Gasteiger partial charge in [0.2, 0.25) is 0 Å². The average molecular weight is 302 g/mol. The molecule has 0 spiro atoms. The summed E-state index contributed by atoms with van der Waals surface area (Å²) < 4.78 is 63.2. The van der Waals surface area contributed by atoms with Gasteiger partial charge in [-0.1, -0.05) is 11.6 Å². The molecule has 9 heteroatoms. The van der Waals surface area contributed by atoms with Crippen molar-refractivity contribution in [2.24, 2.45) is 0 Å². The smallest absolute Gasteiger partial charge is 0.355 e. The topological polar surface area (TPSA) is 29.0 Å². The Hall–Kier alpha value is -1.18. The number of aromatic nitrogens is 2. The van der Waals surface area contributed by atoms with E-state index in [1.807, 2.05) is 0 Å². The molecule has 0 amide bonds. The Labute approximate surface area is 110 Å². The van der Waals surface area contributed by atoms with Gasteiger partial charge in [0.1, 0.15) is 5.82 Å². The molecule has 1 saturated heterocycles. The van der Waals surface area contributed by atoms with Crippen molar-refractivity contribution in [2.75, 3.05) is 18.0 Å². The fourth-order valence-corrected chi connectivity index (χ4v) is 2.01. The summed E-state index contributed by atoms with van der Waals surface area (Å²) in [7, 11) is 0. The summed E-state index contributed by atoms with van der Waals surface area (Å²) in [6.07, 6.45) is -4.52. The van der Waals surface area contributed by atoms with Crippen LogP contribution in [0.3, 0.4) is 0 Å². The molecule has 3 nitrogen and oxygen atoms in total. The Morgan fingerprint density at radius 3 is 2.26 bits per heavy atom. The third-order valence-electron chi connectivity index (χ3n) is 2.80. The molecule has 0 aromatic carbocycles. The van der Waals surface area contributed by atoms with Crippen molar-refractivity contribution in [1.29, 1.82) is 0 Å². The third kappa shape index (κ3) is 3.23. The molecule has 1 aliphatic rings.